The predicted octanol–water partition coefficient (Wildman–Crippen LogP) is 5.26. The molecule has 0 saturated heterocycles. The van der Waals surface area contributed by atoms with Gasteiger partial charge in [-0.25, -0.2) is 9.97 Å². The summed E-state index contributed by atoms with van der Waals surface area (Å²) in [6.45, 7) is 2.08. The molecule has 2 amide bonds. The summed E-state index contributed by atoms with van der Waals surface area (Å²) in [4.78, 5) is 33.3. The summed E-state index contributed by atoms with van der Waals surface area (Å²) >= 11 is 3.01. The quantitative estimate of drug-likeness (QED) is 0.421. The fourth-order valence-electron chi connectivity index (χ4n) is 3.22. The highest BCUT2D eigenvalue weighted by molar-refractivity contribution is 7.21. The molecule has 0 aliphatic heterocycles. The van der Waals surface area contributed by atoms with Crippen molar-refractivity contribution in [2.75, 3.05) is 10.6 Å². The van der Waals surface area contributed by atoms with Crippen LogP contribution in [0, 0.1) is 12.8 Å². The third kappa shape index (κ3) is 4.65. The Morgan fingerprint density at radius 3 is 2.65 bits per heavy atom. The summed E-state index contributed by atoms with van der Waals surface area (Å²) in [6, 6.07) is 14.0. The average molecular weight is 449 g/mol. The van der Waals surface area contributed by atoms with Gasteiger partial charge in [-0.2, -0.15) is 0 Å². The van der Waals surface area contributed by atoms with Crippen LogP contribution in [0.25, 0.3) is 20.8 Å². The zero-order valence-corrected chi connectivity index (χ0v) is 18.5. The average Bonchev–Trinajstić information content (AvgIpc) is 3.39. The summed E-state index contributed by atoms with van der Waals surface area (Å²) in [7, 11) is 0. The lowest BCUT2D eigenvalue weighted by Gasteiger charge is -2.05. The Balaban J connectivity index is 1.20. The molecule has 156 valence electrons. The minimum atomic E-state index is -0.145. The van der Waals surface area contributed by atoms with E-state index in [-0.39, 0.29) is 24.2 Å². The molecule has 0 bridgehead atoms. The molecule has 0 unspecified atom stereocenters. The van der Waals surface area contributed by atoms with Gasteiger partial charge >= 0.3 is 0 Å². The normalized spacial score (nSPS) is 13.3. The van der Waals surface area contributed by atoms with E-state index in [0.717, 1.165) is 34.6 Å². The summed E-state index contributed by atoms with van der Waals surface area (Å²) in [5, 5.41) is 9.03. The molecule has 1 aliphatic carbocycles. The lowest BCUT2D eigenvalue weighted by atomic mass is 10.2. The lowest BCUT2D eigenvalue weighted by molar-refractivity contribution is -0.117. The number of aryl methyl sites for hydroxylation is 1. The highest BCUT2D eigenvalue weighted by Gasteiger charge is 2.30. The van der Waals surface area contributed by atoms with Crippen molar-refractivity contribution in [3.63, 3.8) is 0 Å². The van der Waals surface area contributed by atoms with E-state index in [1.807, 2.05) is 30.3 Å². The van der Waals surface area contributed by atoms with E-state index in [0.29, 0.717) is 10.8 Å². The number of rotatable bonds is 6. The molecule has 0 atom stereocenters. The standard InChI is InChI=1S/C23H20N4O2S2/c1-13-2-9-18-19(10-13)31-22(26-18)15-5-7-16(8-6-15)24-20(28)11-17-12-30-23(25-17)27-21(29)14-3-4-14/h2,5-10,12,14H,3-4,11H2,1H3,(H,24,28)(H,25,27,29). The topological polar surface area (TPSA) is 84.0 Å². The number of carbonyl (C=O) groups excluding carboxylic acids is 2. The van der Waals surface area contributed by atoms with Crippen molar-refractivity contribution in [3.8, 4) is 10.6 Å². The Morgan fingerprint density at radius 2 is 1.87 bits per heavy atom. The number of carbonyl (C=O) groups is 2. The minimum Gasteiger partial charge on any atom is -0.326 e. The van der Waals surface area contributed by atoms with E-state index < -0.39 is 0 Å². The maximum absolute atomic E-state index is 12.4. The molecule has 8 heteroatoms. The fraction of sp³-hybridized carbons (Fsp3) is 0.217. The van der Waals surface area contributed by atoms with Crippen molar-refractivity contribution in [3.05, 3.63) is 59.1 Å². The van der Waals surface area contributed by atoms with Crippen LogP contribution in [0.5, 0.6) is 0 Å². The summed E-state index contributed by atoms with van der Waals surface area (Å²) in [5.41, 5.74) is 4.61. The fourth-order valence-corrected chi connectivity index (χ4v) is 5.00. The van der Waals surface area contributed by atoms with Crippen LogP contribution >= 0.6 is 22.7 Å². The van der Waals surface area contributed by atoms with Gasteiger partial charge in [0.2, 0.25) is 11.8 Å². The molecule has 5 rings (SSSR count). The number of fused-ring (bicyclic) bond motifs is 1. The van der Waals surface area contributed by atoms with Crippen LogP contribution in [0.15, 0.2) is 47.8 Å². The zero-order valence-electron chi connectivity index (χ0n) is 16.8. The number of nitrogens with zero attached hydrogens (tertiary/aromatic N) is 2. The van der Waals surface area contributed by atoms with Gasteiger partial charge in [0.05, 0.1) is 22.3 Å². The van der Waals surface area contributed by atoms with Gasteiger partial charge in [-0.15, -0.1) is 22.7 Å². The second-order valence-electron chi connectivity index (χ2n) is 7.70. The van der Waals surface area contributed by atoms with E-state index >= 15 is 0 Å². The Hall–Kier alpha value is -3.10. The third-order valence-electron chi connectivity index (χ3n) is 5.03. The van der Waals surface area contributed by atoms with Crippen LogP contribution in [0.2, 0.25) is 0 Å². The molecule has 1 saturated carbocycles. The SMILES string of the molecule is Cc1ccc2nc(-c3ccc(NC(=O)Cc4csc(NC(=O)C5CC5)n4)cc3)sc2c1. The number of thiazole rings is 2. The van der Waals surface area contributed by atoms with E-state index in [2.05, 4.69) is 34.7 Å². The molecule has 2 heterocycles. The summed E-state index contributed by atoms with van der Waals surface area (Å²) in [5.74, 6) is 0.00721. The molecule has 0 radical (unpaired) electrons. The van der Waals surface area contributed by atoms with Gasteiger partial charge in [-0.05, 0) is 61.7 Å². The zero-order chi connectivity index (χ0) is 21.4. The molecule has 6 nitrogen and oxygen atoms in total. The molecule has 2 N–H and O–H groups in total. The largest absolute Gasteiger partial charge is 0.326 e. The Kier molecular flexibility index (Phi) is 5.25. The number of hydrogen-bond donors (Lipinski definition) is 2. The third-order valence-corrected chi connectivity index (χ3v) is 6.91. The van der Waals surface area contributed by atoms with E-state index in [4.69, 9.17) is 4.98 Å². The number of hydrogen-bond acceptors (Lipinski definition) is 6. The van der Waals surface area contributed by atoms with Gasteiger partial charge in [0.15, 0.2) is 5.13 Å². The number of anilines is 2. The number of benzene rings is 2. The first-order valence-electron chi connectivity index (χ1n) is 10.1. The second kappa shape index (κ2) is 8.20. The van der Waals surface area contributed by atoms with Gasteiger partial charge < -0.3 is 10.6 Å². The van der Waals surface area contributed by atoms with Crippen molar-refractivity contribution in [1.82, 2.24) is 9.97 Å². The Bertz CT molecular complexity index is 1270. The van der Waals surface area contributed by atoms with Crippen LogP contribution < -0.4 is 10.6 Å². The number of amides is 2. The van der Waals surface area contributed by atoms with Crippen LogP contribution in [-0.2, 0) is 16.0 Å². The van der Waals surface area contributed by atoms with Gasteiger partial charge in [0.25, 0.3) is 0 Å². The molecule has 2 aromatic heterocycles. The first-order valence-corrected chi connectivity index (χ1v) is 11.8. The molecular formula is C23H20N4O2S2. The van der Waals surface area contributed by atoms with Crippen LogP contribution in [0.1, 0.15) is 24.1 Å². The maximum atomic E-state index is 12.4. The highest BCUT2D eigenvalue weighted by atomic mass is 32.1. The van der Waals surface area contributed by atoms with Crippen LogP contribution in [0.4, 0.5) is 10.8 Å². The van der Waals surface area contributed by atoms with Crippen LogP contribution in [-0.4, -0.2) is 21.8 Å². The molecule has 2 aromatic carbocycles. The highest BCUT2D eigenvalue weighted by Crippen LogP contribution is 2.32. The predicted molar refractivity (Wildman–Crippen MR) is 126 cm³/mol. The monoisotopic (exact) mass is 448 g/mol. The van der Waals surface area contributed by atoms with E-state index in [9.17, 15) is 9.59 Å². The Labute approximate surface area is 187 Å². The molecular weight excluding hydrogens is 428 g/mol. The van der Waals surface area contributed by atoms with Crippen molar-refractivity contribution in [1.29, 1.82) is 0 Å². The molecule has 31 heavy (non-hydrogen) atoms. The smallest absolute Gasteiger partial charge is 0.230 e. The molecule has 1 aliphatic rings. The van der Waals surface area contributed by atoms with Crippen molar-refractivity contribution in [2.24, 2.45) is 5.92 Å². The number of aromatic nitrogens is 2. The Morgan fingerprint density at radius 1 is 1.06 bits per heavy atom. The number of nitrogens with one attached hydrogen (secondary N) is 2. The van der Waals surface area contributed by atoms with Crippen molar-refractivity contribution in [2.45, 2.75) is 26.2 Å². The van der Waals surface area contributed by atoms with Crippen LogP contribution in [0.3, 0.4) is 0 Å². The minimum absolute atomic E-state index is 0.0219. The van der Waals surface area contributed by atoms with E-state index in [1.54, 1.807) is 16.7 Å². The lowest BCUT2D eigenvalue weighted by Crippen LogP contribution is -2.15. The maximum Gasteiger partial charge on any atom is 0.230 e. The van der Waals surface area contributed by atoms with Gasteiger partial charge in [-0.1, -0.05) is 6.07 Å². The first-order chi connectivity index (χ1) is 15.0. The second-order valence-corrected chi connectivity index (χ2v) is 9.59. The van der Waals surface area contributed by atoms with Gasteiger partial charge in [-0.3, -0.25) is 9.59 Å². The molecule has 4 aromatic rings. The van der Waals surface area contributed by atoms with Gasteiger partial charge in [0.1, 0.15) is 5.01 Å². The first kappa shape index (κ1) is 19.8. The van der Waals surface area contributed by atoms with Crippen molar-refractivity contribution >= 4 is 55.5 Å². The van der Waals surface area contributed by atoms with E-state index in [1.165, 1.54) is 21.6 Å². The summed E-state index contributed by atoms with van der Waals surface area (Å²) in [6.07, 6.45) is 2.06. The summed E-state index contributed by atoms with van der Waals surface area (Å²) < 4.78 is 1.17. The van der Waals surface area contributed by atoms with Crippen molar-refractivity contribution < 1.29 is 9.59 Å². The molecule has 1 fully saturated rings. The van der Waals surface area contributed by atoms with Gasteiger partial charge in [0, 0.05) is 22.5 Å². The molecule has 0 spiro atoms.